The second-order valence-corrected chi connectivity index (χ2v) is 24.3. The standard InChI is InChI=1S/C71H76N2O22/c1-9-11-15-28-50(76)33-34-54(77)72-49-31-29-45(30-32-49)38-88-55(78)39-86-40-56(79)93-60(58(46-22-16-12-17-23-46)73-64(81)47-24-18-13-19-25-47)66(83)91-51-37-71(85)63(94-65(82)48-26-20-14-21-27-48)61-69(8,62(80)59(90-43(4)74)57(42(51)3)68(71,6)7)52(92-67(84)87-35-10-2)36-53-70(61,41-89-53)95-44(5)75/h1,10,12-14,16-27,29-32,51-53,58-61,63,85H,2,11,15,28,33-41H2,3-8H3,(H,72,77)(H,73,81)/t51-,52-,53+,58?,59+,60+,61-,63-,69+,70-,71+/m0/s1. The summed E-state index contributed by atoms with van der Waals surface area (Å²) in [4.78, 5) is 153. The number of terminal acetylenes is 1. The smallest absolute Gasteiger partial charge is 0.459 e. The molecule has 2 saturated carbocycles. The van der Waals surface area contributed by atoms with Crippen LogP contribution in [-0.2, 0) is 92.3 Å². The van der Waals surface area contributed by atoms with Gasteiger partial charge in [0, 0.05) is 69.0 Å². The van der Waals surface area contributed by atoms with Gasteiger partial charge in [0.2, 0.25) is 12.0 Å². The molecule has 4 aromatic carbocycles. The van der Waals surface area contributed by atoms with Crippen LogP contribution in [0.3, 0.4) is 0 Å². The Morgan fingerprint density at radius 2 is 1.42 bits per heavy atom. The van der Waals surface area contributed by atoms with Crippen LogP contribution in [0.1, 0.15) is 124 Å². The van der Waals surface area contributed by atoms with Crippen LogP contribution in [0.15, 0.2) is 139 Å². The monoisotopic (exact) mass is 1310 g/mol. The van der Waals surface area contributed by atoms with Gasteiger partial charge in [0.05, 0.1) is 23.5 Å². The molecule has 2 amide bonds. The number of benzene rings is 4. The fourth-order valence-corrected chi connectivity index (χ4v) is 13.0. The molecule has 3 fully saturated rings. The van der Waals surface area contributed by atoms with E-state index in [1.165, 1.54) is 70.2 Å². The van der Waals surface area contributed by atoms with Crippen molar-refractivity contribution in [3.05, 3.63) is 161 Å². The van der Waals surface area contributed by atoms with E-state index in [4.69, 9.17) is 53.8 Å². The van der Waals surface area contributed by atoms with Crippen molar-refractivity contribution in [1.29, 1.82) is 0 Å². The van der Waals surface area contributed by atoms with Crippen molar-refractivity contribution in [1.82, 2.24) is 5.32 Å². The number of aliphatic hydroxyl groups is 1. The van der Waals surface area contributed by atoms with Gasteiger partial charge in [0.15, 0.2) is 17.5 Å². The number of fused-ring (bicyclic) bond motifs is 5. The van der Waals surface area contributed by atoms with Gasteiger partial charge >= 0.3 is 42.0 Å². The van der Waals surface area contributed by atoms with E-state index in [2.05, 4.69) is 23.1 Å². The average molecular weight is 1310 g/mol. The van der Waals surface area contributed by atoms with Gasteiger partial charge in [0.25, 0.3) is 5.91 Å². The van der Waals surface area contributed by atoms with Crippen LogP contribution < -0.4 is 10.6 Å². The summed E-state index contributed by atoms with van der Waals surface area (Å²) in [5, 5.41) is 19.8. The van der Waals surface area contributed by atoms with Gasteiger partial charge in [-0.05, 0) is 78.9 Å². The number of nitrogens with one attached hydrogen (secondary N) is 2. The number of carbonyl (C=O) groups excluding carboxylic acids is 11. The zero-order valence-electron chi connectivity index (χ0n) is 53.5. The first-order valence-electron chi connectivity index (χ1n) is 30.8. The molecule has 2 bridgehead atoms. The van der Waals surface area contributed by atoms with Crippen molar-refractivity contribution >= 4 is 71.0 Å². The fourth-order valence-electron chi connectivity index (χ4n) is 13.0. The highest BCUT2D eigenvalue weighted by atomic mass is 16.7. The molecular weight excluding hydrogens is 1230 g/mol. The number of hydrogen-bond donors (Lipinski definition) is 3. The van der Waals surface area contributed by atoms with Crippen LogP contribution in [0.5, 0.6) is 0 Å². The third-order valence-corrected chi connectivity index (χ3v) is 17.7. The van der Waals surface area contributed by atoms with Crippen LogP contribution in [0, 0.1) is 29.1 Å². The van der Waals surface area contributed by atoms with Crippen LogP contribution in [0.25, 0.3) is 0 Å². The van der Waals surface area contributed by atoms with E-state index in [-0.39, 0.29) is 78.4 Å². The maximum Gasteiger partial charge on any atom is 0.508 e. The van der Waals surface area contributed by atoms with Crippen LogP contribution in [0.4, 0.5) is 10.5 Å². The summed E-state index contributed by atoms with van der Waals surface area (Å²) in [7, 11) is 0. The van der Waals surface area contributed by atoms with E-state index < -0.39 is 151 Å². The molecule has 1 aliphatic heterocycles. The molecule has 1 heterocycles. The minimum atomic E-state index is -2.64. The predicted molar refractivity (Wildman–Crippen MR) is 335 cm³/mol. The van der Waals surface area contributed by atoms with E-state index in [1.807, 2.05) is 0 Å². The molecule has 11 atom stereocenters. The number of amides is 2. The summed E-state index contributed by atoms with van der Waals surface area (Å²) in [5.41, 5.74) is -7.68. The highest BCUT2D eigenvalue weighted by molar-refractivity contribution is 5.97. The molecule has 8 rings (SSSR count). The van der Waals surface area contributed by atoms with Crippen molar-refractivity contribution in [3.8, 4) is 12.3 Å². The number of unbranched alkanes of at least 4 members (excludes halogenated alkanes) is 1. The third-order valence-electron chi connectivity index (χ3n) is 17.7. The lowest BCUT2D eigenvalue weighted by Gasteiger charge is -2.67. The Morgan fingerprint density at radius 1 is 0.779 bits per heavy atom. The van der Waals surface area contributed by atoms with Gasteiger partial charge in [-0.15, -0.1) is 12.3 Å². The second kappa shape index (κ2) is 30.9. The van der Waals surface area contributed by atoms with Gasteiger partial charge in [-0.25, -0.2) is 24.0 Å². The number of anilines is 1. The Bertz CT molecular complexity index is 3620. The van der Waals surface area contributed by atoms with Crippen LogP contribution in [-0.4, -0.2) is 145 Å². The van der Waals surface area contributed by atoms with E-state index in [0.717, 1.165) is 13.8 Å². The molecule has 4 aromatic rings. The fraction of sp³-hybridized carbons (Fsp3) is 0.423. The maximum absolute atomic E-state index is 16.4. The zero-order valence-corrected chi connectivity index (χ0v) is 53.5. The number of rotatable bonds is 27. The molecule has 24 heteroatoms. The summed E-state index contributed by atoms with van der Waals surface area (Å²) < 4.78 is 59.3. The van der Waals surface area contributed by atoms with Crippen molar-refractivity contribution in [2.45, 2.75) is 147 Å². The minimum Gasteiger partial charge on any atom is -0.459 e. The first-order valence-corrected chi connectivity index (χ1v) is 30.8. The molecule has 502 valence electrons. The number of ketones is 2. The Morgan fingerprint density at radius 3 is 2.03 bits per heavy atom. The van der Waals surface area contributed by atoms with Crippen LogP contribution >= 0.6 is 0 Å². The molecule has 1 unspecified atom stereocenters. The third kappa shape index (κ3) is 16.1. The average Bonchev–Trinajstić information content (AvgIpc) is 0.669. The number of ether oxygens (including phenoxy) is 10. The highest BCUT2D eigenvalue weighted by Crippen LogP contribution is 2.65. The van der Waals surface area contributed by atoms with Crippen LogP contribution in [0.2, 0.25) is 0 Å². The molecule has 3 N–H and O–H groups in total. The van der Waals surface area contributed by atoms with Gasteiger partial charge in [-0.2, -0.15) is 0 Å². The topological polar surface area (TPSA) is 324 Å². The summed E-state index contributed by atoms with van der Waals surface area (Å²) in [6.45, 7) is 8.64. The van der Waals surface area contributed by atoms with E-state index >= 15 is 9.59 Å². The molecule has 0 radical (unpaired) electrons. The summed E-state index contributed by atoms with van der Waals surface area (Å²) in [5.74, 6) is -7.99. The van der Waals surface area contributed by atoms with Gasteiger partial charge in [0.1, 0.15) is 68.3 Å². The first kappa shape index (κ1) is 71.0. The first-order chi connectivity index (χ1) is 45.3. The molecule has 0 aromatic heterocycles. The lowest BCUT2D eigenvalue weighted by atomic mass is 9.44. The van der Waals surface area contributed by atoms with Crippen molar-refractivity contribution < 1.29 is 105 Å². The lowest BCUT2D eigenvalue weighted by molar-refractivity contribution is -0.346. The van der Waals surface area contributed by atoms with Crippen molar-refractivity contribution in [2.75, 3.05) is 31.7 Å². The number of hydrogen-bond acceptors (Lipinski definition) is 22. The molecule has 4 aliphatic rings. The van der Waals surface area contributed by atoms with Gasteiger partial charge in [-0.1, -0.05) is 105 Å². The summed E-state index contributed by atoms with van der Waals surface area (Å²) in [6, 6.07) is 28.1. The number of Topliss-reactive ketones (excluding diaryl/α,β-unsaturated/α-hetero) is 2. The van der Waals surface area contributed by atoms with E-state index in [1.54, 1.807) is 78.9 Å². The van der Waals surface area contributed by atoms with Gasteiger partial charge < -0.3 is 63.1 Å². The summed E-state index contributed by atoms with van der Waals surface area (Å²) >= 11 is 0. The minimum absolute atomic E-state index is 0.00762. The maximum atomic E-state index is 16.4. The predicted octanol–water partition coefficient (Wildman–Crippen LogP) is 7.48. The molecule has 0 spiro atoms. The van der Waals surface area contributed by atoms with E-state index in [0.29, 0.717) is 24.1 Å². The Labute approximate surface area is 548 Å². The SMILES string of the molecule is C#CCCCC(=O)CCC(=O)Nc1ccc(COC(=O)COCC(=O)O[C@@H](C(=O)O[C@H]2C[C@@]3(O)[C@@H](OC(=O)c4ccccc4)[C@@H]4[C@]5(OC(C)=O)CO[C@@H]5C[C@H](OC(=O)OCC=C)[C@@]4(C)C(=O)[C@H](OC(C)=O)C(=C2C)C3(C)C)C(NC(=O)c2ccccc2)c2ccccc2)cc1. The Hall–Kier alpha value is -9.83. The Kier molecular flexibility index (Phi) is 23.1. The number of carbonyl (C=O) groups is 11. The Balaban J connectivity index is 1.13. The molecular formula is C71H76N2O22. The van der Waals surface area contributed by atoms with Gasteiger partial charge in [-0.3, -0.25) is 28.8 Å². The molecule has 3 aliphatic carbocycles. The number of esters is 6. The highest BCUT2D eigenvalue weighted by Gasteiger charge is 2.79. The molecule has 1 saturated heterocycles. The largest absolute Gasteiger partial charge is 0.508 e. The lowest BCUT2D eigenvalue weighted by Crippen LogP contribution is -2.82. The molecule has 24 nitrogen and oxygen atoms in total. The van der Waals surface area contributed by atoms with E-state index in [9.17, 15) is 48.3 Å². The molecule has 95 heavy (non-hydrogen) atoms. The normalized spacial score (nSPS) is 24.3. The quantitative estimate of drug-likeness (QED) is 0.0171. The zero-order chi connectivity index (χ0) is 68.8. The second-order valence-electron chi connectivity index (χ2n) is 24.3. The van der Waals surface area contributed by atoms with Crippen molar-refractivity contribution in [2.24, 2.45) is 16.7 Å². The van der Waals surface area contributed by atoms with Crippen molar-refractivity contribution in [3.63, 3.8) is 0 Å². The summed E-state index contributed by atoms with van der Waals surface area (Å²) in [6.07, 6.45) is -5.33.